The normalized spacial score (nSPS) is 24.7. The quantitative estimate of drug-likeness (QED) is 0.628. The lowest BCUT2D eigenvalue weighted by Gasteiger charge is -2.44. The van der Waals surface area contributed by atoms with E-state index < -0.39 is 5.82 Å². The predicted molar refractivity (Wildman–Crippen MR) is 85.4 cm³/mol. The smallest absolute Gasteiger partial charge is 0.141 e. The fourth-order valence-electron chi connectivity index (χ4n) is 3.36. The van der Waals surface area contributed by atoms with Crippen molar-refractivity contribution in [2.24, 2.45) is 5.92 Å². The molecule has 1 heterocycles. The highest BCUT2D eigenvalue weighted by Crippen LogP contribution is 2.48. The van der Waals surface area contributed by atoms with Crippen LogP contribution in [0.3, 0.4) is 0 Å². The Morgan fingerprint density at radius 3 is 2.52 bits per heavy atom. The second-order valence-corrected chi connectivity index (χ2v) is 7.06. The van der Waals surface area contributed by atoms with Crippen molar-refractivity contribution in [3.05, 3.63) is 51.9 Å². The van der Waals surface area contributed by atoms with E-state index in [2.05, 4.69) is 18.8 Å². The number of nitrogens with zero attached hydrogens (tertiary/aromatic N) is 1. The molecule has 0 radical (unpaired) electrons. The maximum absolute atomic E-state index is 13.3. The van der Waals surface area contributed by atoms with E-state index in [0.717, 1.165) is 30.0 Å². The number of benzene rings is 1. The molecule has 0 saturated heterocycles. The van der Waals surface area contributed by atoms with Crippen LogP contribution >= 0.6 is 23.2 Å². The molecule has 0 spiro atoms. The summed E-state index contributed by atoms with van der Waals surface area (Å²) in [6, 6.07) is 8.59. The van der Waals surface area contributed by atoms with Crippen molar-refractivity contribution in [3.63, 3.8) is 0 Å². The van der Waals surface area contributed by atoms with Crippen molar-refractivity contribution in [1.82, 2.24) is 4.98 Å². The minimum atomic E-state index is -0.428. The van der Waals surface area contributed by atoms with Gasteiger partial charge in [0.15, 0.2) is 0 Å². The zero-order valence-corrected chi connectivity index (χ0v) is 13.5. The van der Waals surface area contributed by atoms with E-state index in [9.17, 15) is 4.39 Å². The molecule has 4 heteroatoms. The van der Waals surface area contributed by atoms with Crippen molar-refractivity contribution in [1.29, 1.82) is 0 Å². The number of halogens is 3. The van der Waals surface area contributed by atoms with Crippen LogP contribution in [0.15, 0.2) is 30.3 Å². The molecule has 1 saturated carbocycles. The van der Waals surface area contributed by atoms with Crippen LogP contribution < -0.4 is 0 Å². The second-order valence-electron chi connectivity index (χ2n) is 6.27. The summed E-state index contributed by atoms with van der Waals surface area (Å²) < 4.78 is 13.3. The molecule has 0 amide bonds. The first-order valence-electron chi connectivity index (χ1n) is 7.01. The summed E-state index contributed by atoms with van der Waals surface area (Å²) in [5.74, 6) is 0.313. The first-order valence-corrected chi connectivity index (χ1v) is 7.76. The van der Waals surface area contributed by atoms with Gasteiger partial charge in [-0.05, 0) is 60.1 Å². The largest absolute Gasteiger partial charge is 0.236 e. The summed E-state index contributed by atoms with van der Waals surface area (Å²) in [7, 11) is 0. The molecule has 3 rings (SSSR count). The minimum Gasteiger partial charge on any atom is -0.236 e. The highest BCUT2D eigenvalue weighted by atomic mass is 35.5. The Hall–Kier alpha value is -1.12. The van der Waals surface area contributed by atoms with E-state index in [0.29, 0.717) is 5.15 Å². The summed E-state index contributed by atoms with van der Waals surface area (Å²) in [5, 5.41) is 0.558. The number of rotatable bonds is 2. The minimum absolute atomic E-state index is 0.0966. The molecule has 1 aromatic heterocycles. The predicted octanol–water partition coefficient (Wildman–Crippen LogP) is 5.88. The maximum Gasteiger partial charge on any atom is 0.141 e. The Balaban J connectivity index is 2.03. The number of hydrogen-bond acceptors (Lipinski definition) is 1. The highest BCUT2D eigenvalue weighted by molar-refractivity contribution is 6.31. The molecule has 21 heavy (non-hydrogen) atoms. The maximum atomic E-state index is 13.3. The van der Waals surface area contributed by atoms with Gasteiger partial charge in [0.2, 0.25) is 0 Å². The van der Waals surface area contributed by atoms with Crippen LogP contribution in [0, 0.1) is 11.7 Å². The summed E-state index contributed by atoms with van der Waals surface area (Å²) in [6.45, 7) is 4.51. The fraction of sp³-hybridized carbons (Fsp3) is 0.353. The molecule has 1 aromatic carbocycles. The van der Waals surface area contributed by atoms with Gasteiger partial charge in [0.25, 0.3) is 0 Å². The summed E-state index contributed by atoms with van der Waals surface area (Å²) in [5.41, 5.74) is 2.86. The van der Waals surface area contributed by atoms with Crippen molar-refractivity contribution < 1.29 is 4.39 Å². The highest BCUT2D eigenvalue weighted by Gasteiger charge is 2.39. The lowest BCUT2D eigenvalue weighted by Crippen LogP contribution is -2.37. The molecule has 2 aromatic rings. The van der Waals surface area contributed by atoms with Gasteiger partial charge in [-0.15, -0.1) is 0 Å². The van der Waals surface area contributed by atoms with Gasteiger partial charge in [0.05, 0.1) is 10.7 Å². The van der Waals surface area contributed by atoms with E-state index in [1.807, 2.05) is 12.1 Å². The van der Waals surface area contributed by atoms with E-state index >= 15 is 0 Å². The van der Waals surface area contributed by atoms with E-state index in [1.54, 1.807) is 12.1 Å². The van der Waals surface area contributed by atoms with Crippen LogP contribution in [0.5, 0.6) is 0 Å². The Morgan fingerprint density at radius 2 is 1.90 bits per heavy atom. The Bertz CT molecular complexity index is 693. The van der Waals surface area contributed by atoms with Crippen LogP contribution in [0.2, 0.25) is 10.2 Å². The van der Waals surface area contributed by atoms with E-state index in [4.69, 9.17) is 23.2 Å². The lowest BCUT2D eigenvalue weighted by atomic mass is 9.60. The summed E-state index contributed by atoms with van der Waals surface area (Å²) in [6.07, 6.45) is 2.30. The van der Waals surface area contributed by atoms with Gasteiger partial charge in [0, 0.05) is 5.56 Å². The molecule has 0 bridgehead atoms. The monoisotopic (exact) mass is 323 g/mol. The number of hydrogen-bond donors (Lipinski definition) is 0. The average Bonchev–Trinajstić information content (AvgIpc) is 2.39. The van der Waals surface area contributed by atoms with E-state index in [1.165, 1.54) is 11.6 Å². The molecule has 0 N–H and O–H groups in total. The summed E-state index contributed by atoms with van der Waals surface area (Å²) >= 11 is 12.0. The molecule has 0 aliphatic heterocycles. The molecule has 110 valence electrons. The van der Waals surface area contributed by atoms with Gasteiger partial charge in [-0.1, -0.05) is 37.0 Å². The zero-order chi connectivity index (χ0) is 15.2. The first-order chi connectivity index (χ1) is 9.87. The van der Waals surface area contributed by atoms with E-state index in [-0.39, 0.29) is 10.4 Å². The Kier molecular flexibility index (Phi) is 3.71. The van der Waals surface area contributed by atoms with Gasteiger partial charge < -0.3 is 0 Å². The Morgan fingerprint density at radius 1 is 1.19 bits per heavy atom. The molecule has 1 nitrogen and oxygen atoms in total. The number of aromatic nitrogens is 1. The van der Waals surface area contributed by atoms with Crippen LogP contribution in [0.25, 0.3) is 11.3 Å². The third kappa shape index (κ3) is 2.79. The van der Waals surface area contributed by atoms with Crippen LogP contribution in [0.1, 0.15) is 32.3 Å². The van der Waals surface area contributed by atoms with Crippen molar-refractivity contribution in [3.8, 4) is 11.3 Å². The van der Waals surface area contributed by atoms with Gasteiger partial charge in [-0.3, -0.25) is 0 Å². The summed E-state index contributed by atoms with van der Waals surface area (Å²) in [4.78, 5) is 4.35. The third-order valence-electron chi connectivity index (χ3n) is 4.30. The van der Waals surface area contributed by atoms with Gasteiger partial charge in [0.1, 0.15) is 11.0 Å². The molecule has 1 aliphatic carbocycles. The second kappa shape index (κ2) is 5.26. The first kappa shape index (κ1) is 14.8. The lowest BCUT2D eigenvalue weighted by molar-refractivity contribution is 0.177. The zero-order valence-electron chi connectivity index (χ0n) is 12.0. The van der Waals surface area contributed by atoms with Crippen molar-refractivity contribution >= 4 is 23.2 Å². The standard InChI is InChI=1S/C17H16Cl2FN/c1-10-8-17(2,9-10)12-6-15(21-16(19)7-12)11-3-4-14(20)13(18)5-11/h3-7,10H,8-9H2,1-2H3. The van der Waals surface area contributed by atoms with Crippen LogP contribution in [-0.2, 0) is 5.41 Å². The van der Waals surface area contributed by atoms with Crippen LogP contribution in [-0.4, -0.2) is 4.98 Å². The van der Waals surface area contributed by atoms with Gasteiger partial charge in [-0.25, -0.2) is 9.37 Å². The third-order valence-corrected chi connectivity index (χ3v) is 4.79. The average molecular weight is 324 g/mol. The van der Waals surface area contributed by atoms with Crippen molar-refractivity contribution in [2.75, 3.05) is 0 Å². The molecular weight excluding hydrogens is 308 g/mol. The Labute approximate surface area is 134 Å². The van der Waals surface area contributed by atoms with Gasteiger partial charge in [-0.2, -0.15) is 0 Å². The molecule has 0 unspecified atom stereocenters. The SMILES string of the molecule is CC1CC(C)(c2cc(Cl)nc(-c3ccc(F)c(Cl)c3)c2)C1. The van der Waals surface area contributed by atoms with Crippen LogP contribution in [0.4, 0.5) is 4.39 Å². The molecule has 1 fully saturated rings. The topological polar surface area (TPSA) is 12.9 Å². The molecule has 1 aliphatic rings. The van der Waals surface area contributed by atoms with Crippen molar-refractivity contribution in [2.45, 2.75) is 32.1 Å². The fourth-order valence-corrected chi connectivity index (χ4v) is 3.75. The molecular formula is C17H16Cl2FN. The molecule has 0 atom stereocenters. The number of pyridine rings is 1. The van der Waals surface area contributed by atoms with Gasteiger partial charge >= 0.3 is 0 Å².